The molecule has 6 heteroatoms. The third kappa shape index (κ3) is 3.91. The third-order valence-corrected chi connectivity index (χ3v) is 4.79. The zero-order valence-corrected chi connectivity index (χ0v) is 16.0. The zero-order valence-electron chi connectivity index (χ0n) is 16.0. The average Bonchev–Trinajstić information content (AvgIpc) is 2.68. The second-order valence-electron chi connectivity index (χ2n) is 6.56. The number of carbonyl (C=O) groups excluding carboxylic acids is 1. The van der Waals surface area contributed by atoms with Gasteiger partial charge in [-0.3, -0.25) is 4.79 Å². The predicted octanol–water partition coefficient (Wildman–Crippen LogP) is 3.10. The number of nitrogens with zero attached hydrogens (tertiary/aromatic N) is 1. The van der Waals surface area contributed by atoms with Crippen molar-refractivity contribution in [1.29, 1.82) is 0 Å². The highest BCUT2D eigenvalue weighted by Crippen LogP contribution is 2.38. The molecule has 1 N–H and O–H groups in total. The second kappa shape index (κ2) is 8.41. The van der Waals surface area contributed by atoms with E-state index in [1.54, 1.807) is 14.2 Å². The summed E-state index contributed by atoms with van der Waals surface area (Å²) in [5.41, 5.74) is 1.71. The van der Waals surface area contributed by atoms with E-state index in [1.807, 2.05) is 60.4 Å². The Kier molecular flexibility index (Phi) is 5.98. The molecule has 0 aliphatic carbocycles. The van der Waals surface area contributed by atoms with Crippen LogP contribution in [0.1, 0.15) is 22.8 Å². The summed E-state index contributed by atoms with van der Waals surface area (Å²) in [6.07, 6.45) is 0. The molecule has 3 rings (SSSR count). The normalized spacial score (nSPS) is 18.8. The largest absolute Gasteiger partial charge is 0.491 e. The van der Waals surface area contributed by atoms with Crippen LogP contribution in [0.5, 0.6) is 5.75 Å². The number of carbonyl (C=O) groups is 1. The monoisotopic (exact) mass is 370 g/mol. The minimum atomic E-state index is -0.718. The number of benzene rings is 2. The molecule has 2 aromatic rings. The molecule has 27 heavy (non-hydrogen) atoms. The lowest BCUT2D eigenvalue weighted by Gasteiger charge is -2.46. The van der Waals surface area contributed by atoms with Gasteiger partial charge >= 0.3 is 0 Å². The van der Waals surface area contributed by atoms with Gasteiger partial charge in [-0.2, -0.15) is 0 Å². The third-order valence-electron chi connectivity index (χ3n) is 4.79. The summed E-state index contributed by atoms with van der Waals surface area (Å²) < 4.78 is 16.0. The fourth-order valence-electron chi connectivity index (χ4n) is 3.32. The molecule has 144 valence electrons. The fourth-order valence-corrected chi connectivity index (χ4v) is 3.32. The van der Waals surface area contributed by atoms with Gasteiger partial charge in [0.15, 0.2) is 0 Å². The molecular formula is C21H26N2O4. The Morgan fingerprint density at radius 3 is 2.56 bits per heavy atom. The molecule has 1 heterocycles. The van der Waals surface area contributed by atoms with Crippen LogP contribution in [0.15, 0.2) is 48.5 Å². The van der Waals surface area contributed by atoms with Crippen molar-refractivity contribution in [1.82, 2.24) is 4.90 Å². The van der Waals surface area contributed by atoms with Crippen LogP contribution >= 0.6 is 0 Å². The maximum atomic E-state index is 13.2. The summed E-state index contributed by atoms with van der Waals surface area (Å²) in [5, 5.41) is 3.54. The van der Waals surface area contributed by atoms with Crippen molar-refractivity contribution in [2.24, 2.45) is 0 Å². The highest BCUT2D eigenvalue weighted by Gasteiger charge is 2.42. The van der Waals surface area contributed by atoms with Crippen LogP contribution in [-0.2, 0) is 15.1 Å². The van der Waals surface area contributed by atoms with Gasteiger partial charge < -0.3 is 24.4 Å². The molecule has 0 bridgehead atoms. The molecule has 2 aromatic carbocycles. The number of ether oxygens (including phenoxy) is 3. The standard InChI is InChI=1S/C21H26N2O4/c1-21(16-7-6-8-17(15-16)27-14-13-26-3)22-19-10-5-4-9-18(19)20(24)23(21)11-12-25-2/h4-10,15,22H,11-14H2,1-3H3. The van der Waals surface area contributed by atoms with Crippen LogP contribution in [0.25, 0.3) is 0 Å². The summed E-state index contributed by atoms with van der Waals surface area (Å²) in [6.45, 7) is 3.92. The Hall–Kier alpha value is -2.57. The maximum Gasteiger partial charge on any atom is 0.258 e. The van der Waals surface area contributed by atoms with Crippen molar-refractivity contribution >= 4 is 11.6 Å². The van der Waals surface area contributed by atoms with Gasteiger partial charge in [-0.15, -0.1) is 0 Å². The van der Waals surface area contributed by atoms with E-state index in [-0.39, 0.29) is 5.91 Å². The van der Waals surface area contributed by atoms with Crippen molar-refractivity contribution in [3.05, 3.63) is 59.7 Å². The van der Waals surface area contributed by atoms with Crippen molar-refractivity contribution in [2.75, 3.05) is 45.9 Å². The SMILES string of the molecule is COCCOc1cccc(C2(C)Nc3ccccc3C(=O)N2CCOC)c1. The van der Waals surface area contributed by atoms with Crippen LogP contribution in [0.4, 0.5) is 5.69 Å². The van der Waals surface area contributed by atoms with Crippen LogP contribution in [0.3, 0.4) is 0 Å². The molecule has 0 saturated heterocycles. The quantitative estimate of drug-likeness (QED) is 0.724. The number of nitrogens with one attached hydrogen (secondary N) is 1. The minimum Gasteiger partial charge on any atom is -0.491 e. The molecule has 0 spiro atoms. The highest BCUT2D eigenvalue weighted by atomic mass is 16.5. The number of anilines is 1. The maximum absolute atomic E-state index is 13.2. The summed E-state index contributed by atoms with van der Waals surface area (Å²) in [6, 6.07) is 15.4. The van der Waals surface area contributed by atoms with Crippen LogP contribution in [0.2, 0.25) is 0 Å². The summed E-state index contributed by atoms with van der Waals surface area (Å²) >= 11 is 0. The highest BCUT2D eigenvalue weighted by molar-refractivity contribution is 6.02. The van der Waals surface area contributed by atoms with Gasteiger partial charge in [-0.1, -0.05) is 24.3 Å². The molecule has 1 aliphatic rings. The van der Waals surface area contributed by atoms with Gasteiger partial charge in [0.1, 0.15) is 18.0 Å². The average molecular weight is 370 g/mol. The second-order valence-corrected chi connectivity index (χ2v) is 6.56. The molecular weight excluding hydrogens is 344 g/mol. The first-order valence-electron chi connectivity index (χ1n) is 9.00. The van der Waals surface area contributed by atoms with Crippen molar-refractivity contribution in [3.63, 3.8) is 0 Å². The molecule has 0 aromatic heterocycles. The first kappa shape index (κ1) is 19.2. The number of rotatable bonds is 8. The van der Waals surface area contributed by atoms with Crippen molar-refractivity contribution in [3.8, 4) is 5.75 Å². The molecule has 1 aliphatic heterocycles. The predicted molar refractivity (Wildman–Crippen MR) is 104 cm³/mol. The molecule has 0 radical (unpaired) electrons. The summed E-state index contributed by atoms with van der Waals surface area (Å²) in [5.74, 6) is 0.722. The number of para-hydroxylation sites is 1. The molecule has 1 amide bonds. The first-order valence-corrected chi connectivity index (χ1v) is 9.00. The summed E-state index contributed by atoms with van der Waals surface area (Å²) in [4.78, 5) is 15.0. The van der Waals surface area contributed by atoms with E-state index < -0.39 is 5.66 Å². The number of methoxy groups -OCH3 is 2. The van der Waals surface area contributed by atoms with Gasteiger partial charge in [-0.05, 0) is 31.2 Å². The van der Waals surface area contributed by atoms with Gasteiger partial charge in [0, 0.05) is 32.0 Å². The Bertz CT molecular complexity index is 795. The van der Waals surface area contributed by atoms with Crippen LogP contribution in [-0.4, -0.2) is 51.4 Å². The zero-order chi connectivity index (χ0) is 19.3. The van der Waals surface area contributed by atoms with E-state index in [2.05, 4.69) is 5.32 Å². The van der Waals surface area contributed by atoms with Gasteiger partial charge in [0.05, 0.1) is 18.8 Å². The van der Waals surface area contributed by atoms with E-state index in [0.717, 1.165) is 17.0 Å². The minimum absolute atomic E-state index is 0.0189. The van der Waals surface area contributed by atoms with Crippen molar-refractivity contribution < 1.29 is 19.0 Å². The summed E-state index contributed by atoms with van der Waals surface area (Å²) in [7, 11) is 3.28. The lowest BCUT2D eigenvalue weighted by Crippen LogP contribution is -2.56. The number of amides is 1. The van der Waals surface area contributed by atoms with E-state index in [0.29, 0.717) is 31.9 Å². The van der Waals surface area contributed by atoms with Gasteiger partial charge in [0.25, 0.3) is 5.91 Å². The van der Waals surface area contributed by atoms with E-state index in [1.165, 1.54) is 0 Å². The van der Waals surface area contributed by atoms with E-state index in [4.69, 9.17) is 14.2 Å². The lowest BCUT2D eigenvalue weighted by atomic mass is 9.93. The number of fused-ring (bicyclic) bond motifs is 1. The molecule has 1 unspecified atom stereocenters. The Balaban J connectivity index is 1.97. The van der Waals surface area contributed by atoms with Crippen LogP contribution < -0.4 is 10.1 Å². The Labute approximate surface area is 160 Å². The molecule has 0 fully saturated rings. The van der Waals surface area contributed by atoms with Crippen molar-refractivity contribution in [2.45, 2.75) is 12.6 Å². The fraction of sp³-hybridized carbons (Fsp3) is 0.381. The van der Waals surface area contributed by atoms with E-state index in [9.17, 15) is 4.79 Å². The molecule has 0 saturated carbocycles. The van der Waals surface area contributed by atoms with Crippen LogP contribution in [0, 0.1) is 0 Å². The van der Waals surface area contributed by atoms with E-state index >= 15 is 0 Å². The Morgan fingerprint density at radius 1 is 1.00 bits per heavy atom. The Morgan fingerprint density at radius 2 is 1.78 bits per heavy atom. The number of hydrogen-bond acceptors (Lipinski definition) is 5. The first-order chi connectivity index (χ1) is 13.1. The molecule has 1 atom stereocenters. The van der Waals surface area contributed by atoms with Gasteiger partial charge in [-0.25, -0.2) is 0 Å². The molecule has 6 nitrogen and oxygen atoms in total. The smallest absolute Gasteiger partial charge is 0.258 e. The topological polar surface area (TPSA) is 60.0 Å². The van der Waals surface area contributed by atoms with Gasteiger partial charge in [0.2, 0.25) is 0 Å². The number of hydrogen-bond donors (Lipinski definition) is 1. The lowest BCUT2D eigenvalue weighted by molar-refractivity contribution is 0.0437.